The van der Waals surface area contributed by atoms with Crippen LogP contribution in [0.3, 0.4) is 0 Å². The van der Waals surface area contributed by atoms with E-state index in [2.05, 4.69) is 16.8 Å². The fraction of sp³-hybridized carbons (Fsp3) is 0.421. The van der Waals surface area contributed by atoms with E-state index in [1.54, 1.807) is 35.6 Å². The SMILES string of the molecule is O=C(CCCCc1cccs1)Nc1cccc(N2CCCCS2(=O)=O)c1. The first kappa shape index (κ1) is 18.9. The van der Waals surface area contributed by atoms with Gasteiger partial charge in [-0.3, -0.25) is 9.10 Å². The smallest absolute Gasteiger partial charge is 0.235 e. The van der Waals surface area contributed by atoms with Gasteiger partial charge in [0, 0.05) is 23.5 Å². The Labute approximate surface area is 159 Å². The van der Waals surface area contributed by atoms with Crippen LogP contribution in [0.5, 0.6) is 0 Å². The number of benzene rings is 1. The molecule has 5 nitrogen and oxygen atoms in total. The predicted molar refractivity (Wildman–Crippen MR) is 107 cm³/mol. The van der Waals surface area contributed by atoms with E-state index in [9.17, 15) is 13.2 Å². The number of amides is 1. The van der Waals surface area contributed by atoms with Gasteiger partial charge in [-0.05, 0) is 61.7 Å². The van der Waals surface area contributed by atoms with Crippen LogP contribution in [0.4, 0.5) is 11.4 Å². The lowest BCUT2D eigenvalue weighted by atomic mass is 10.1. The maximum atomic E-state index is 12.2. The largest absolute Gasteiger partial charge is 0.326 e. The van der Waals surface area contributed by atoms with Crippen molar-refractivity contribution in [2.75, 3.05) is 21.9 Å². The summed E-state index contributed by atoms with van der Waals surface area (Å²) in [4.78, 5) is 13.5. The molecule has 1 fully saturated rings. The number of carbonyl (C=O) groups is 1. The zero-order valence-corrected chi connectivity index (χ0v) is 16.3. The fourth-order valence-electron chi connectivity index (χ4n) is 3.08. The van der Waals surface area contributed by atoms with E-state index in [4.69, 9.17) is 0 Å². The summed E-state index contributed by atoms with van der Waals surface area (Å²) in [7, 11) is -3.24. The van der Waals surface area contributed by atoms with E-state index < -0.39 is 10.0 Å². The Bertz CT molecular complexity index is 832. The maximum Gasteiger partial charge on any atom is 0.235 e. The van der Waals surface area contributed by atoms with Gasteiger partial charge in [0.1, 0.15) is 0 Å². The fourth-order valence-corrected chi connectivity index (χ4v) is 5.46. The van der Waals surface area contributed by atoms with Crippen LogP contribution in [-0.2, 0) is 21.2 Å². The molecule has 1 aliphatic rings. The molecule has 1 aromatic heterocycles. The van der Waals surface area contributed by atoms with Gasteiger partial charge in [-0.1, -0.05) is 12.1 Å². The summed E-state index contributed by atoms with van der Waals surface area (Å²) in [5, 5.41) is 4.95. The third kappa shape index (κ3) is 5.08. The van der Waals surface area contributed by atoms with Gasteiger partial charge in [-0.2, -0.15) is 0 Å². The highest BCUT2D eigenvalue weighted by Gasteiger charge is 2.26. The molecular weight excluding hydrogens is 368 g/mol. The van der Waals surface area contributed by atoms with Gasteiger partial charge in [0.25, 0.3) is 0 Å². The van der Waals surface area contributed by atoms with Crippen molar-refractivity contribution < 1.29 is 13.2 Å². The average Bonchev–Trinajstić information content (AvgIpc) is 3.12. The number of nitrogens with zero attached hydrogens (tertiary/aromatic N) is 1. The summed E-state index contributed by atoms with van der Waals surface area (Å²) in [6.45, 7) is 0.502. The number of carbonyl (C=O) groups excluding carboxylic acids is 1. The summed E-state index contributed by atoms with van der Waals surface area (Å²) in [6, 6.07) is 11.3. The van der Waals surface area contributed by atoms with Crippen LogP contribution in [-0.4, -0.2) is 26.6 Å². The molecule has 140 valence electrons. The second-order valence-corrected chi connectivity index (χ2v) is 9.53. The van der Waals surface area contributed by atoms with Crippen LogP contribution in [0.2, 0.25) is 0 Å². The molecule has 1 saturated heterocycles. The average molecular weight is 393 g/mol. The molecule has 0 aliphatic carbocycles. The summed E-state index contributed by atoms with van der Waals surface area (Å²) in [5.41, 5.74) is 1.27. The molecule has 0 bridgehead atoms. The van der Waals surface area contributed by atoms with Crippen LogP contribution in [0.15, 0.2) is 41.8 Å². The summed E-state index contributed by atoms with van der Waals surface area (Å²) >= 11 is 1.74. The van der Waals surface area contributed by atoms with E-state index in [-0.39, 0.29) is 11.7 Å². The quantitative estimate of drug-likeness (QED) is 0.724. The summed E-state index contributed by atoms with van der Waals surface area (Å²) < 4.78 is 25.9. The highest BCUT2D eigenvalue weighted by molar-refractivity contribution is 7.92. The lowest BCUT2D eigenvalue weighted by Gasteiger charge is -2.28. The van der Waals surface area contributed by atoms with E-state index in [0.717, 1.165) is 25.7 Å². The normalized spacial score (nSPS) is 16.4. The second kappa shape index (κ2) is 8.68. The van der Waals surface area contributed by atoms with E-state index in [1.165, 1.54) is 9.18 Å². The van der Waals surface area contributed by atoms with Crippen LogP contribution in [0, 0.1) is 0 Å². The van der Waals surface area contributed by atoms with Crippen LogP contribution in [0.1, 0.15) is 37.0 Å². The lowest BCUT2D eigenvalue weighted by molar-refractivity contribution is -0.116. The molecule has 0 radical (unpaired) electrons. The molecule has 7 heteroatoms. The number of aryl methyl sites for hydroxylation is 1. The first-order chi connectivity index (χ1) is 12.5. The monoisotopic (exact) mass is 392 g/mol. The van der Waals surface area contributed by atoms with E-state index in [1.807, 2.05) is 6.07 Å². The molecule has 1 N–H and O–H groups in total. The predicted octanol–water partition coefficient (Wildman–Crippen LogP) is 4.03. The topological polar surface area (TPSA) is 66.5 Å². The lowest BCUT2D eigenvalue weighted by Crippen LogP contribution is -2.37. The summed E-state index contributed by atoms with van der Waals surface area (Å²) in [6.07, 6.45) is 4.87. The zero-order valence-electron chi connectivity index (χ0n) is 14.7. The number of hydrogen-bond acceptors (Lipinski definition) is 4. The number of rotatable bonds is 7. The summed E-state index contributed by atoms with van der Waals surface area (Å²) in [5.74, 6) is 0.156. The van der Waals surface area contributed by atoms with Gasteiger partial charge in [0.15, 0.2) is 0 Å². The Kier molecular flexibility index (Phi) is 6.32. The van der Waals surface area contributed by atoms with Crippen molar-refractivity contribution in [2.45, 2.75) is 38.5 Å². The Hall–Kier alpha value is -1.86. The number of nitrogens with one attached hydrogen (secondary N) is 1. The van der Waals surface area contributed by atoms with Gasteiger partial charge in [-0.15, -0.1) is 11.3 Å². The van der Waals surface area contributed by atoms with Crippen LogP contribution >= 0.6 is 11.3 Å². The number of thiophene rings is 1. The minimum Gasteiger partial charge on any atom is -0.326 e. The van der Waals surface area contributed by atoms with Crippen molar-refractivity contribution in [1.82, 2.24) is 0 Å². The molecule has 3 rings (SSSR count). The van der Waals surface area contributed by atoms with E-state index in [0.29, 0.717) is 30.8 Å². The van der Waals surface area contributed by atoms with Crippen molar-refractivity contribution >= 4 is 38.6 Å². The molecule has 0 atom stereocenters. The third-order valence-corrected chi connectivity index (χ3v) is 7.23. The minimum atomic E-state index is -3.24. The Balaban J connectivity index is 1.52. The second-order valence-electron chi connectivity index (χ2n) is 6.48. The Morgan fingerprint density at radius 2 is 2.04 bits per heavy atom. The maximum absolute atomic E-state index is 12.2. The molecule has 2 heterocycles. The van der Waals surface area contributed by atoms with Crippen molar-refractivity contribution in [3.8, 4) is 0 Å². The van der Waals surface area contributed by atoms with Crippen molar-refractivity contribution in [3.05, 3.63) is 46.7 Å². The highest BCUT2D eigenvalue weighted by Crippen LogP contribution is 2.26. The molecule has 1 aliphatic heterocycles. The van der Waals surface area contributed by atoms with Gasteiger partial charge >= 0.3 is 0 Å². The molecule has 0 unspecified atom stereocenters. The molecule has 1 amide bonds. The third-order valence-electron chi connectivity index (χ3n) is 4.42. The first-order valence-electron chi connectivity index (χ1n) is 8.97. The van der Waals surface area contributed by atoms with Gasteiger partial charge in [0.2, 0.25) is 15.9 Å². The van der Waals surface area contributed by atoms with Gasteiger partial charge in [-0.25, -0.2) is 8.42 Å². The zero-order chi connectivity index (χ0) is 18.4. The van der Waals surface area contributed by atoms with Crippen LogP contribution < -0.4 is 9.62 Å². The van der Waals surface area contributed by atoms with Gasteiger partial charge in [0.05, 0.1) is 11.4 Å². The molecule has 2 aromatic rings. The van der Waals surface area contributed by atoms with Crippen molar-refractivity contribution in [3.63, 3.8) is 0 Å². The van der Waals surface area contributed by atoms with Gasteiger partial charge < -0.3 is 5.32 Å². The first-order valence-corrected chi connectivity index (χ1v) is 11.5. The van der Waals surface area contributed by atoms with E-state index >= 15 is 0 Å². The van der Waals surface area contributed by atoms with Crippen LogP contribution in [0.25, 0.3) is 0 Å². The molecule has 0 spiro atoms. The standard InChI is InChI=1S/C19H24N2O3S2/c22-19(11-2-1-9-18-10-6-13-25-18)20-16-7-5-8-17(15-16)21-12-3-4-14-26(21,23)24/h5-8,10,13,15H,1-4,9,11-12,14H2,(H,20,22). The Morgan fingerprint density at radius 3 is 2.81 bits per heavy atom. The molecular formula is C19H24N2O3S2. The number of anilines is 2. The molecule has 0 saturated carbocycles. The minimum absolute atomic E-state index is 0.0326. The van der Waals surface area contributed by atoms with Crippen molar-refractivity contribution in [2.24, 2.45) is 0 Å². The Morgan fingerprint density at radius 1 is 1.15 bits per heavy atom. The number of unbranched alkanes of at least 4 members (excludes halogenated alkanes) is 1. The number of hydrogen-bond donors (Lipinski definition) is 1. The molecule has 26 heavy (non-hydrogen) atoms. The molecule has 1 aromatic carbocycles. The highest BCUT2D eigenvalue weighted by atomic mass is 32.2. The van der Waals surface area contributed by atoms with Crippen molar-refractivity contribution in [1.29, 1.82) is 0 Å². The number of sulfonamides is 1.